The van der Waals surface area contributed by atoms with Crippen LogP contribution in [0.3, 0.4) is 0 Å². The maximum atomic E-state index is 13.0. The van der Waals surface area contributed by atoms with E-state index in [4.69, 9.17) is 12.2 Å². The maximum Gasteiger partial charge on any atom is 0.236 e. The first-order chi connectivity index (χ1) is 13.4. The molecule has 2 saturated heterocycles. The second-order valence-electron chi connectivity index (χ2n) is 8.29. The molecule has 3 rings (SSSR count). The van der Waals surface area contributed by atoms with E-state index >= 15 is 0 Å². The highest BCUT2D eigenvalue weighted by Crippen LogP contribution is 2.21. The number of piperazine rings is 1. The number of nitrogens with one attached hydrogen (secondary N) is 1. The molecule has 0 saturated carbocycles. The summed E-state index contributed by atoms with van der Waals surface area (Å²) in [5.41, 5.74) is 0.998. The van der Waals surface area contributed by atoms with Gasteiger partial charge in [0.05, 0.1) is 6.54 Å². The highest BCUT2D eigenvalue weighted by atomic mass is 32.1. The first kappa shape index (κ1) is 21.0. The van der Waals surface area contributed by atoms with Crippen molar-refractivity contribution < 1.29 is 9.18 Å². The number of amides is 1. The Hall–Kier alpha value is -1.73. The molecule has 0 spiro atoms. The van der Waals surface area contributed by atoms with Crippen molar-refractivity contribution in [2.45, 2.75) is 26.8 Å². The number of nitrogens with zero attached hydrogens (tertiary/aromatic N) is 3. The molecule has 0 aliphatic carbocycles. The minimum atomic E-state index is -0.231. The molecule has 0 radical (unpaired) electrons. The molecule has 1 aromatic carbocycles. The number of piperidine rings is 1. The van der Waals surface area contributed by atoms with Gasteiger partial charge in [0.15, 0.2) is 5.11 Å². The molecular formula is C21H31FN4OS. The van der Waals surface area contributed by atoms with E-state index in [1.807, 2.05) is 4.90 Å². The Morgan fingerprint density at radius 2 is 1.68 bits per heavy atom. The molecule has 1 amide bonds. The van der Waals surface area contributed by atoms with Crippen molar-refractivity contribution in [1.82, 2.24) is 20.0 Å². The van der Waals surface area contributed by atoms with Gasteiger partial charge in [-0.25, -0.2) is 4.39 Å². The van der Waals surface area contributed by atoms with E-state index < -0.39 is 0 Å². The van der Waals surface area contributed by atoms with Gasteiger partial charge < -0.3 is 15.1 Å². The lowest BCUT2D eigenvalue weighted by molar-refractivity contribution is -0.135. The number of likely N-dealkylation sites (tertiary alicyclic amines) is 1. The Morgan fingerprint density at radius 3 is 2.29 bits per heavy atom. The molecule has 2 heterocycles. The molecular weight excluding hydrogens is 375 g/mol. The van der Waals surface area contributed by atoms with Crippen molar-refractivity contribution in [2.24, 2.45) is 11.8 Å². The Balaban J connectivity index is 1.39. The van der Waals surface area contributed by atoms with Gasteiger partial charge in [-0.3, -0.25) is 9.69 Å². The molecule has 1 N–H and O–H groups in total. The summed E-state index contributed by atoms with van der Waals surface area (Å²) in [5.74, 6) is 1.21. The Bertz CT molecular complexity index is 665. The van der Waals surface area contributed by atoms with Gasteiger partial charge in [0.1, 0.15) is 5.82 Å². The number of halogens is 1. The summed E-state index contributed by atoms with van der Waals surface area (Å²) in [4.78, 5) is 19.1. The molecule has 0 unspecified atom stereocenters. The molecule has 2 fully saturated rings. The van der Waals surface area contributed by atoms with Crippen LogP contribution in [0.2, 0.25) is 0 Å². The number of hydrogen-bond acceptors (Lipinski definition) is 3. The van der Waals surface area contributed by atoms with Gasteiger partial charge in [0.2, 0.25) is 5.91 Å². The number of carbonyl (C=O) groups excluding carboxylic acids is 1. The van der Waals surface area contributed by atoms with Crippen molar-refractivity contribution in [3.05, 3.63) is 35.6 Å². The van der Waals surface area contributed by atoms with Crippen LogP contribution in [-0.4, -0.2) is 71.5 Å². The van der Waals surface area contributed by atoms with Gasteiger partial charge in [-0.05, 0) is 48.2 Å². The molecule has 5 nitrogen and oxygen atoms in total. The number of benzene rings is 1. The maximum absolute atomic E-state index is 13.0. The summed E-state index contributed by atoms with van der Waals surface area (Å²) in [7, 11) is 0. The monoisotopic (exact) mass is 406 g/mol. The third-order valence-corrected chi connectivity index (χ3v) is 6.00. The molecule has 0 bridgehead atoms. The van der Waals surface area contributed by atoms with E-state index in [1.165, 1.54) is 18.6 Å². The molecule has 7 heteroatoms. The summed E-state index contributed by atoms with van der Waals surface area (Å²) in [6, 6.07) is 6.44. The van der Waals surface area contributed by atoms with Crippen molar-refractivity contribution in [3.63, 3.8) is 0 Å². The highest BCUT2D eigenvalue weighted by Gasteiger charge is 2.27. The van der Waals surface area contributed by atoms with E-state index in [0.717, 1.165) is 44.8 Å². The fourth-order valence-corrected chi connectivity index (χ4v) is 4.41. The summed E-state index contributed by atoms with van der Waals surface area (Å²) in [6.45, 7) is 10.6. The molecule has 28 heavy (non-hydrogen) atoms. The summed E-state index contributed by atoms with van der Waals surface area (Å²) < 4.78 is 13.0. The van der Waals surface area contributed by atoms with Crippen molar-refractivity contribution >= 4 is 23.2 Å². The Kier molecular flexibility index (Phi) is 7.24. The third-order valence-electron chi connectivity index (χ3n) is 5.60. The van der Waals surface area contributed by atoms with Crippen LogP contribution in [0.25, 0.3) is 0 Å². The second-order valence-corrected chi connectivity index (χ2v) is 8.68. The second kappa shape index (κ2) is 9.65. The lowest BCUT2D eigenvalue weighted by atomic mass is 9.92. The van der Waals surface area contributed by atoms with E-state index in [-0.39, 0.29) is 11.7 Å². The van der Waals surface area contributed by atoms with Gasteiger partial charge in [-0.15, -0.1) is 0 Å². The minimum Gasteiger partial charge on any atom is -0.358 e. The lowest BCUT2D eigenvalue weighted by Gasteiger charge is -2.39. The molecule has 2 aliphatic heterocycles. The summed E-state index contributed by atoms with van der Waals surface area (Å²) >= 11 is 5.50. The van der Waals surface area contributed by atoms with Crippen LogP contribution in [0.4, 0.5) is 4.39 Å². The normalized spacial score (nSPS) is 23.5. The van der Waals surface area contributed by atoms with E-state index in [1.54, 1.807) is 12.1 Å². The zero-order chi connectivity index (χ0) is 20.1. The molecule has 2 aliphatic rings. The van der Waals surface area contributed by atoms with Crippen molar-refractivity contribution in [3.8, 4) is 0 Å². The Labute approximate surface area is 172 Å². The van der Waals surface area contributed by atoms with E-state index in [0.29, 0.717) is 30.0 Å². The standard InChI is InChI=1S/C21H31FN4OS/c1-16-11-17(2)14-26(13-16)20(27)15-24-7-9-25(10-8-24)21(28)23-12-18-3-5-19(22)6-4-18/h3-6,16-17H,7-15H2,1-2H3,(H,23,28)/t16-,17-/m0/s1. The van der Waals surface area contributed by atoms with Gasteiger partial charge in [-0.2, -0.15) is 0 Å². The van der Waals surface area contributed by atoms with Crippen LogP contribution >= 0.6 is 12.2 Å². The highest BCUT2D eigenvalue weighted by molar-refractivity contribution is 7.80. The number of hydrogen-bond donors (Lipinski definition) is 1. The van der Waals surface area contributed by atoms with Crippen LogP contribution < -0.4 is 5.32 Å². The average Bonchev–Trinajstić information content (AvgIpc) is 2.67. The molecule has 1 aromatic rings. The average molecular weight is 407 g/mol. The van der Waals surface area contributed by atoms with Crippen LogP contribution in [0.15, 0.2) is 24.3 Å². The molecule has 0 aromatic heterocycles. The summed E-state index contributed by atoms with van der Waals surface area (Å²) in [6.07, 6.45) is 1.21. The van der Waals surface area contributed by atoms with Gasteiger partial charge in [0, 0.05) is 45.8 Å². The molecule has 154 valence electrons. The fraction of sp³-hybridized carbons (Fsp3) is 0.619. The summed E-state index contributed by atoms with van der Waals surface area (Å²) in [5, 5.41) is 3.96. The van der Waals surface area contributed by atoms with E-state index in [2.05, 4.69) is 29.0 Å². The quantitative estimate of drug-likeness (QED) is 0.777. The van der Waals surface area contributed by atoms with Crippen LogP contribution in [-0.2, 0) is 11.3 Å². The lowest BCUT2D eigenvalue weighted by Crippen LogP contribution is -2.54. The minimum absolute atomic E-state index is 0.231. The zero-order valence-corrected chi connectivity index (χ0v) is 17.7. The number of rotatable bonds is 4. The topological polar surface area (TPSA) is 38.8 Å². The van der Waals surface area contributed by atoms with Crippen LogP contribution in [0, 0.1) is 17.7 Å². The zero-order valence-electron chi connectivity index (χ0n) is 16.9. The van der Waals surface area contributed by atoms with Gasteiger partial charge >= 0.3 is 0 Å². The SMILES string of the molecule is C[C@H]1C[C@H](C)CN(C(=O)CN2CCN(C(=S)NCc3ccc(F)cc3)CC2)C1. The van der Waals surface area contributed by atoms with Crippen molar-refractivity contribution in [1.29, 1.82) is 0 Å². The first-order valence-corrected chi connectivity index (χ1v) is 10.6. The van der Waals surface area contributed by atoms with E-state index in [9.17, 15) is 9.18 Å². The van der Waals surface area contributed by atoms with Crippen LogP contribution in [0.1, 0.15) is 25.8 Å². The predicted octanol–water partition coefficient (Wildman–Crippen LogP) is 2.32. The smallest absolute Gasteiger partial charge is 0.236 e. The van der Waals surface area contributed by atoms with Crippen LogP contribution in [0.5, 0.6) is 0 Å². The van der Waals surface area contributed by atoms with Crippen molar-refractivity contribution in [2.75, 3.05) is 45.8 Å². The molecule has 2 atom stereocenters. The number of thiocarbonyl (C=S) groups is 1. The Morgan fingerprint density at radius 1 is 1.07 bits per heavy atom. The van der Waals surface area contributed by atoms with Gasteiger partial charge in [-0.1, -0.05) is 26.0 Å². The first-order valence-electron chi connectivity index (χ1n) is 10.2. The fourth-order valence-electron chi connectivity index (χ4n) is 4.16. The predicted molar refractivity (Wildman–Crippen MR) is 113 cm³/mol. The third kappa shape index (κ3) is 5.88. The largest absolute Gasteiger partial charge is 0.358 e. The number of carbonyl (C=O) groups is 1. The van der Waals surface area contributed by atoms with Gasteiger partial charge in [0.25, 0.3) is 0 Å².